The van der Waals surface area contributed by atoms with Crippen LogP contribution in [0.1, 0.15) is 66.7 Å². The van der Waals surface area contributed by atoms with Crippen molar-refractivity contribution in [2.75, 3.05) is 0 Å². The van der Waals surface area contributed by atoms with Crippen LogP contribution in [0.3, 0.4) is 0 Å². The quantitative estimate of drug-likeness (QED) is 0.789. The summed E-state index contributed by atoms with van der Waals surface area (Å²) < 4.78 is 0. The van der Waals surface area contributed by atoms with E-state index in [1.54, 1.807) is 0 Å². The molecule has 6 atom stereocenters. The van der Waals surface area contributed by atoms with E-state index in [0.717, 1.165) is 25.2 Å². The molecule has 1 fully saturated rings. The maximum absolute atomic E-state index is 10.3. The first-order valence-corrected chi connectivity index (χ1v) is 7.83. The van der Waals surface area contributed by atoms with E-state index in [1.165, 1.54) is 12.8 Å². The van der Waals surface area contributed by atoms with E-state index in [2.05, 4.69) is 34.6 Å². The topological polar surface area (TPSA) is 46.2 Å². The van der Waals surface area contributed by atoms with Crippen molar-refractivity contribution in [3.63, 3.8) is 0 Å². The molecule has 0 aromatic carbocycles. The summed E-state index contributed by atoms with van der Waals surface area (Å²) in [6.45, 7) is 11.1. The number of hydrogen-bond acceptors (Lipinski definition) is 2. The standard InChI is InChI=1S/C16H33NO/c1-6-11(3)8-9-16(17)13(5)15(18)12(4)10-14(16)7-2/h11-15,18H,6-10,17H2,1-5H3. The third-order valence-electron chi connectivity index (χ3n) is 5.62. The lowest BCUT2D eigenvalue weighted by atomic mass is 9.60. The van der Waals surface area contributed by atoms with Crippen LogP contribution in [-0.4, -0.2) is 16.7 Å². The molecule has 2 heteroatoms. The number of rotatable bonds is 5. The molecule has 0 spiro atoms. The molecule has 0 aliphatic heterocycles. The van der Waals surface area contributed by atoms with Gasteiger partial charge in [-0.15, -0.1) is 0 Å². The van der Waals surface area contributed by atoms with Crippen LogP contribution in [0.2, 0.25) is 0 Å². The first-order valence-electron chi connectivity index (χ1n) is 7.83. The lowest BCUT2D eigenvalue weighted by Crippen LogP contribution is -2.60. The van der Waals surface area contributed by atoms with E-state index in [4.69, 9.17) is 5.73 Å². The van der Waals surface area contributed by atoms with Crippen molar-refractivity contribution in [2.45, 2.75) is 78.4 Å². The summed E-state index contributed by atoms with van der Waals surface area (Å²) in [6, 6.07) is 0. The molecule has 0 saturated heterocycles. The van der Waals surface area contributed by atoms with E-state index in [9.17, 15) is 5.11 Å². The van der Waals surface area contributed by atoms with Crippen LogP contribution in [-0.2, 0) is 0 Å². The van der Waals surface area contributed by atoms with Gasteiger partial charge in [-0.05, 0) is 37.0 Å². The van der Waals surface area contributed by atoms with Gasteiger partial charge in [0.1, 0.15) is 0 Å². The summed E-state index contributed by atoms with van der Waals surface area (Å²) in [5.41, 5.74) is 6.59. The predicted molar refractivity (Wildman–Crippen MR) is 78.3 cm³/mol. The highest BCUT2D eigenvalue weighted by Crippen LogP contribution is 2.44. The molecule has 0 aromatic rings. The molecule has 0 amide bonds. The Morgan fingerprint density at radius 1 is 1.33 bits per heavy atom. The molecule has 1 aliphatic rings. The summed E-state index contributed by atoms with van der Waals surface area (Å²) in [5, 5.41) is 10.3. The predicted octanol–water partition coefficient (Wildman–Crippen LogP) is 3.57. The molecular weight excluding hydrogens is 222 g/mol. The molecular formula is C16H33NO. The Morgan fingerprint density at radius 3 is 2.44 bits per heavy atom. The molecule has 0 radical (unpaired) electrons. The van der Waals surface area contributed by atoms with Gasteiger partial charge >= 0.3 is 0 Å². The molecule has 18 heavy (non-hydrogen) atoms. The van der Waals surface area contributed by atoms with E-state index in [0.29, 0.717) is 11.8 Å². The van der Waals surface area contributed by atoms with Crippen molar-refractivity contribution in [1.82, 2.24) is 0 Å². The molecule has 0 bridgehead atoms. The van der Waals surface area contributed by atoms with Gasteiger partial charge < -0.3 is 10.8 Å². The van der Waals surface area contributed by atoms with Gasteiger partial charge in [0.05, 0.1) is 6.10 Å². The average Bonchev–Trinajstić information content (AvgIpc) is 2.38. The minimum Gasteiger partial charge on any atom is -0.393 e. The Kier molecular flexibility index (Phi) is 5.67. The Bertz CT molecular complexity index is 251. The molecule has 1 rings (SSSR count). The van der Waals surface area contributed by atoms with E-state index >= 15 is 0 Å². The Hall–Kier alpha value is -0.0800. The maximum Gasteiger partial charge on any atom is 0.0609 e. The number of aliphatic hydroxyl groups excluding tert-OH is 1. The summed E-state index contributed by atoms with van der Waals surface area (Å²) in [7, 11) is 0. The largest absolute Gasteiger partial charge is 0.393 e. The highest BCUT2D eigenvalue weighted by atomic mass is 16.3. The first kappa shape index (κ1) is 16.0. The van der Waals surface area contributed by atoms with E-state index in [-0.39, 0.29) is 17.6 Å². The fraction of sp³-hybridized carbons (Fsp3) is 1.00. The number of aliphatic hydroxyl groups is 1. The molecule has 108 valence electrons. The minimum atomic E-state index is -0.227. The fourth-order valence-electron chi connectivity index (χ4n) is 3.67. The van der Waals surface area contributed by atoms with E-state index < -0.39 is 0 Å². The molecule has 6 unspecified atom stereocenters. The van der Waals surface area contributed by atoms with Gasteiger partial charge in [-0.25, -0.2) is 0 Å². The van der Waals surface area contributed by atoms with Gasteiger partial charge in [0.15, 0.2) is 0 Å². The van der Waals surface area contributed by atoms with Crippen LogP contribution < -0.4 is 5.73 Å². The monoisotopic (exact) mass is 255 g/mol. The van der Waals surface area contributed by atoms with Gasteiger partial charge in [-0.3, -0.25) is 0 Å². The summed E-state index contributed by atoms with van der Waals surface area (Å²) in [5.74, 6) is 1.92. The van der Waals surface area contributed by atoms with Crippen molar-refractivity contribution < 1.29 is 5.11 Å². The second-order valence-electron chi connectivity index (χ2n) is 6.76. The van der Waals surface area contributed by atoms with Crippen LogP contribution in [0.5, 0.6) is 0 Å². The molecule has 1 saturated carbocycles. The van der Waals surface area contributed by atoms with Crippen LogP contribution in [0.25, 0.3) is 0 Å². The van der Waals surface area contributed by atoms with Crippen molar-refractivity contribution >= 4 is 0 Å². The van der Waals surface area contributed by atoms with Gasteiger partial charge in [0.2, 0.25) is 0 Å². The SMILES string of the molecule is CCC(C)CCC1(N)C(CC)CC(C)C(O)C1C. The van der Waals surface area contributed by atoms with Crippen LogP contribution in [0.15, 0.2) is 0 Å². The van der Waals surface area contributed by atoms with Gasteiger partial charge in [0.25, 0.3) is 0 Å². The van der Waals surface area contributed by atoms with Gasteiger partial charge in [-0.2, -0.15) is 0 Å². The lowest BCUT2D eigenvalue weighted by molar-refractivity contribution is -0.0495. The summed E-state index contributed by atoms with van der Waals surface area (Å²) in [4.78, 5) is 0. The van der Waals surface area contributed by atoms with Crippen molar-refractivity contribution in [3.8, 4) is 0 Å². The average molecular weight is 255 g/mol. The number of nitrogens with two attached hydrogens (primary N) is 1. The van der Waals surface area contributed by atoms with Crippen molar-refractivity contribution in [3.05, 3.63) is 0 Å². The molecule has 2 nitrogen and oxygen atoms in total. The van der Waals surface area contributed by atoms with Crippen molar-refractivity contribution in [2.24, 2.45) is 29.4 Å². The van der Waals surface area contributed by atoms with Gasteiger partial charge in [-0.1, -0.05) is 47.5 Å². The van der Waals surface area contributed by atoms with E-state index in [1.807, 2.05) is 0 Å². The molecule has 3 N–H and O–H groups in total. The molecule has 1 aliphatic carbocycles. The van der Waals surface area contributed by atoms with Crippen LogP contribution in [0.4, 0.5) is 0 Å². The zero-order chi connectivity index (χ0) is 13.9. The second kappa shape index (κ2) is 6.38. The highest BCUT2D eigenvalue weighted by Gasteiger charge is 2.47. The molecule has 0 aromatic heterocycles. The minimum absolute atomic E-state index is 0.163. The third kappa shape index (κ3) is 3.08. The summed E-state index contributed by atoms with van der Waals surface area (Å²) in [6.07, 6.45) is 5.47. The second-order valence-corrected chi connectivity index (χ2v) is 6.76. The zero-order valence-electron chi connectivity index (χ0n) is 12.9. The van der Waals surface area contributed by atoms with Crippen molar-refractivity contribution in [1.29, 1.82) is 0 Å². The van der Waals surface area contributed by atoms with Gasteiger partial charge in [0, 0.05) is 11.5 Å². The Morgan fingerprint density at radius 2 is 1.94 bits per heavy atom. The first-order chi connectivity index (χ1) is 8.36. The highest BCUT2D eigenvalue weighted by molar-refractivity contribution is 5.03. The maximum atomic E-state index is 10.3. The lowest BCUT2D eigenvalue weighted by Gasteiger charge is -2.51. The third-order valence-corrected chi connectivity index (χ3v) is 5.62. The Balaban J connectivity index is 2.78. The van der Waals surface area contributed by atoms with Crippen LogP contribution in [0, 0.1) is 23.7 Å². The fourth-order valence-corrected chi connectivity index (χ4v) is 3.67. The summed E-state index contributed by atoms with van der Waals surface area (Å²) >= 11 is 0. The normalized spacial score (nSPS) is 42.8. The molecule has 0 heterocycles. The van der Waals surface area contributed by atoms with Crippen LogP contribution >= 0.6 is 0 Å². The number of hydrogen-bond donors (Lipinski definition) is 2. The zero-order valence-corrected chi connectivity index (χ0v) is 12.9. The smallest absolute Gasteiger partial charge is 0.0609 e. The Labute approximate surface area is 113 Å².